The maximum atomic E-state index is 13.9. The van der Waals surface area contributed by atoms with E-state index in [0.717, 1.165) is 25.9 Å². The molecule has 0 spiro atoms. The minimum atomic E-state index is -0.297. The average molecular weight is 322 g/mol. The summed E-state index contributed by atoms with van der Waals surface area (Å²) < 4.78 is 19.1. The molecule has 0 atom stereocenters. The quantitative estimate of drug-likeness (QED) is 0.871. The molecule has 0 aliphatic carbocycles. The summed E-state index contributed by atoms with van der Waals surface area (Å²) in [4.78, 5) is 14.0. The molecule has 0 saturated carbocycles. The molecule has 1 aliphatic heterocycles. The zero-order valence-electron chi connectivity index (χ0n) is 14.3. The molecule has 1 saturated heterocycles. The number of rotatable bonds is 6. The van der Waals surface area contributed by atoms with Gasteiger partial charge in [0.1, 0.15) is 17.3 Å². The highest BCUT2D eigenvalue weighted by atomic mass is 19.1. The number of nitrogens with zero attached hydrogens (tertiary/aromatic N) is 1. The van der Waals surface area contributed by atoms with E-state index in [2.05, 4.69) is 19.2 Å². The van der Waals surface area contributed by atoms with Crippen LogP contribution in [0.15, 0.2) is 18.2 Å². The zero-order chi connectivity index (χ0) is 16.8. The predicted molar refractivity (Wildman–Crippen MR) is 90.2 cm³/mol. The predicted octanol–water partition coefficient (Wildman–Crippen LogP) is 3.53. The highest BCUT2D eigenvalue weighted by Gasteiger charge is 2.23. The molecule has 1 aromatic carbocycles. The van der Waals surface area contributed by atoms with Crippen LogP contribution in [0.1, 0.15) is 33.1 Å². The molecule has 1 N–H and O–H groups in total. The van der Waals surface area contributed by atoms with E-state index in [1.807, 2.05) is 4.90 Å². The summed E-state index contributed by atoms with van der Waals surface area (Å²) in [6.45, 7) is 6.43. The van der Waals surface area contributed by atoms with Crippen molar-refractivity contribution in [1.29, 1.82) is 0 Å². The minimum absolute atomic E-state index is 0.252. The van der Waals surface area contributed by atoms with Gasteiger partial charge in [0, 0.05) is 26.1 Å². The largest absolute Gasteiger partial charge is 0.494 e. The number of para-hydroxylation sites is 1. The van der Waals surface area contributed by atoms with Crippen molar-refractivity contribution in [3.8, 4) is 5.75 Å². The Hall–Kier alpha value is -1.78. The maximum absolute atomic E-state index is 13.9. The number of halogens is 1. The van der Waals surface area contributed by atoms with Crippen molar-refractivity contribution in [2.24, 2.45) is 11.8 Å². The van der Waals surface area contributed by atoms with E-state index in [-0.39, 0.29) is 11.7 Å². The fourth-order valence-corrected chi connectivity index (χ4v) is 2.96. The van der Waals surface area contributed by atoms with Gasteiger partial charge in [-0.2, -0.15) is 0 Å². The van der Waals surface area contributed by atoms with Crippen LogP contribution in [-0.2, 0) is 4.79 Å². The summed E-state index contributed by atoms with van der Waals surface area (Å²) >= 11 is 0. The van der Waals surface area contributed by atoms with Crippen molar-refractivity contribution in [2.75, 3.05) is 32.1 Å². The van der Waals surface area contributed by atoms with Gasteiger partial charge in [0.25, 0.3) is 0 Å². The number of hydrogen-bond acceptors (Lipinski definition) is 3. The lowest BCUT2D eigenvalue weighted by molar-refractivity contribution is -0.133. The van der Waals surface area contributed by atoms with Crippen LogP contribution >= 0.6 is 0 Å². The number of ether oxygens (including phenoxy) is 1. The Kier molecular flexibility index (Phi) is 6.25. The molecule has 0 aromatic heterocycles. The van der Waals surface area contributed by atoms with Gasteiger partial charge in [-0.1, -0.05) is 19.9 Å². The molecular weight excluding hydrogens is 295 g/mol. The van der Waals surface area contributed by atoms with Crippen molar-refractivity contribution < 1.29 is 13.9 Å². The van der Waals surface area contributed by atoms with E-state index in [1.165, 1.54) is 6.07 Å². The van der Waals surface area contributed by atoms with Crippen LogP contribution in [0.3, 0.4) is 0 Å². The molecular formula is C18H27FN2O2. The highest BCUT2D eigenvalue weighted by Crippen LogP contribution is 2.28. The number of likely N-dealkylation sites (tertiary alicyclic amines) is 1. The molecule has 1 aromatic rings. The van der Waals surface area contributed by atoms with Gasteiger partial charge in [0.05, 0.1) is 7.11 Å². The topological polar surface area (TPSA) is 41.6 Å². The van der Waals surface area contributed by atoms with Crippen molar-refractivity contribution >= 4 is 11.6 Å². The van der Waals surface area contributed by atoms with Crippen LogP contribution in [0.25, 0.3) is 0 Å². The SMILES string of the molecule is COc1cccc(F)c1NCC1CCN(C(=O)CC(C)C)CC1. The molecule has 1 fully saturated rings. The van der Waals surface area contributed by atoms with Crippen LogP contribution < -0.4 is 10.1 Å². The van der Waals surface area contributed by atoms with Gasteiger partial charge in [0.15, 0.2) is 0 Å². The molecule has 5 heteroatoms. The first kappa shape index (κ1) is 17.6. The van der Waals surface area contributed by atoms with Crippen LogP contribution in [0.2, 0.25) is 0 Å². The molecule has 1 heterocycles. The maximum Gasteiger partial charge on any atom is 0.222 e. The number of carbonyl (C=O) groups excluding carboxylic acids is 1. The fourth-order valence-electron chi connectivity index (χ4n) is 2.96. The van der Waals surface area contributed by atoms with Gasteiger partial charge in [-0.3, -0.25) is 4.79 Å². The second-order valence-electron chi connectivity index (χ2n) is 6.62. The Morgan fingerprint density at radius 1 is 1.39 bits per heavy atom. The van der Waals surface area contributed by atoms with E-state index >= 15 is 0 Å². The summed E-state index contributed by atoms with van der Waals surface area (Å²) in [7, 11) is 1.54. The Bertz CT molecular complexity index is 526. The van der Waals surface area contributed by atoms with Crippen molar-refractivity contribution in [3.05, 3.63) is 24.0 Å². The van der Waals surface area contributed by atoms with Crippen molar-refractivity contribution in [1.82, 2.24) is 4.90 Å². The number of hydrogen-bond donors (Lipinski definition) is 1. The van der Waals surface area contributed by atoms with E-state index in [4.69, 9.17) is 4.74 Å². The first-order chi connectivity index (χ1) is 11.0. The van der Waals surface area contributed by atoms with Gasteiger partial charge < -0.3 is 15.0 Å². The van der Waals surface area contributed by atoms with Crippen molar-refractivity contribution in [3.63, 3.8) is 0 Å². The second-order valence-corrected chi connectivity index (χ2v) is 6.62. The van der Waals surface area contributed by atoms with Gasteiger partial charge in [-0.15, -0.1) is 0 Å². The normalized spacial score (nSPS) is 15.8. The average Bonchev–Trinajstić information content (AvgIpc) is 2.53. The third-order valence-electron chi connectivity index (χ3n) is 4.31. The number of piperidine rings is 1. The van der Waals surface area contributed by atoms with Crippen molar-refractivity contribution in [2.45, 2.75) is 33.1 Å². The molecule has 128 valence electrons. The zero-order valence-corrected chi connectivity index (χ0v) is 14.3. The van der Waals surface area contributed by atoms with E-state index < -0.39 is 0 Å². The van der Waals surface area contributed by atoms with Gasteiger partial charge in [-0.25, -0.2) is 4.39 Å². The van der Waals surface area contributed by atoms with Gasteiger partial charge in [-0.05, 0) is 36.8 Å². The Morgan fingerprint density at radius 2 is 2.09 bits per heavy atom. The summed E-state index contributed by atoms with van der Waals surface area (Å²) in [5.74, 6) is 1.32. The number of methoxy groups -OCH3 is 1. The lowest BCUT2D eigenvalue weighted by Gasteiger charge is -2.32. The Morgan fingerprint density at radius 3 is 2.70 bits per heavy atom. The first-order valence-corrected chi connectivity index (χ1v) is 8.35. The van der Waals surface area contributed by atoms with Crippen LogP contribution in [0.4, 0.5) is 10.1 Å². The third-order valence-corrected chi connectivity index (χ3v) is 4.31. The Labute approximate surface area is 138 Å². The Balaban J connectivity index is 1.82. The lowest BCUT2D eigenvalue weighted by atomic mass is 9.96. The molecule has 0 bridgehead atoms. The number of amides is 1. The highest BCUT2D eigenvalue weighted by molar-refractivity contribution is 5.76. The molecule has 23 heavy (non-hydrogen) atoms. The molecule has 4 nitrogen and oxygen atoms in total. The molecule has 0 radical (unpaired) electrons. The van der Waals surface area contributed by atoms with E-state index in [1.54, 1.807) is 19.2 Å². The van der Waals surface area contributed by atoms with Crippen LogP contribution in [0.5, 0.6) is 5.75 Å². The van der Waals surface area contributed by atoms with Gasteiger partial charge >= 0.3 is 0 Å². The number of nitrogens with one attached hydrogen (secondary N) is 1. The smallest absolute Gasteiger partial charge is 0.222 e. The van der Waals surface area contributed by atoms with Crippen LogP contribution in [-0.4, -0.2) is 37.6 Å². The standard InChI is InChI=1S/C18H27FN2O2/c1-13(2)11-17(22)21-9-7-14(8-10-21)12-20-18-15(19)5-4-6-16(18)23-3/h4-6,13-14,20H,7-12H2,1-3H3. The molecule has 1 amide bonds. The molecule has 1 aliphatic rings. The monoisotopic (exact) mass is 322 g/mol. The van der Waals surface area contributed by atoms with E-state index in [9.17, 15) is 9.18 Å². The summed E-state index contributed by atoms with van der Waals surface area (Å²) in [6.07, 6.45) is 2.52. The number of carbonyl (C=O) groups is 1. The summed E-state index contributed by atoms with van der Waals surface area (Å²) in [5, 5.41) is 3.18. The van der Waals surface area contributed by atoms with Crippen LogP contribution in [0, 0.1) is 17.7 Å². The summed E-state index contributed by atoms with van der Waals surface area (Å²) in [5.41, 5.74) is 0.424. The lowest BCUT2D eigenvalue weighted by Crippen LogP contribution is -2.40. The minimum Gasteiger partial charge on any atom is -0.494 e. The van der Waals surface area contributed by atoms with Gasteiger partial charge in [0.2, 0.25) is 5.91 Å². The molecule has 2 rings (SSSR count). The third kappa shape index (κ3) is 4.85. The number of benzene rings is 1. The van der Waals surface area contributed by atoms with E-state index in [0.29, 0.717) is 36.2 Å². The number of anilines is 1. The fraction of sp³-hybridized carbons (Fsp3) is 0.611. The first-order valence-electron chi connectivity index (χ1n) is 8.35. The summed E-state index contributed by atoms with van der Waals surface area (Å²) in [6, 6.07) is 4.81. The molecule has 0 unspecified atom stereocenters. The second kappa shape index (κ2) is 8.18.